The largest absolute Gasteiger partial charge is 0.458 e. The highest BCUT2D eigenvalue weighted by Crippen LogP contribution is 2.33. The molecule has 0 aliphatic rings. The summed E-state index contributed by atoms with van der Waals surface area (Å²) in [6, 6.07) is 14.6. The van der Waals surface area contributed by atoms with Gasteiger partial charge in [0, 0.05) is 12.0 Å². The molecule has 9 heteroatoms. The van der Waals surface area contributed by atoms with E-state index in [2.05, 4.69) is 10.6 Å². The van der Waals surface area contributed by atoms with Gasteiger partial charge in [-0.2, -0.15) is 0 Å². The molecule has 2 rings (SSSR count). The lowest BCUT2D eigenvalue weighted by Crippen LogP contribution is -2.58. The van der Waals surface area contributed by atoms with Gasteiger partial charge in [0.25, 0.3) is 0 Å². The van der Waals surface area contributed by atoms with Crippen molar-refractivity contribution in [2.75, 3.05) is 6.54 Å². The number of rotatable bonds is 11. The third-order valence-electron chi connectivity index (χ3n) is 6.85. The Balaban J connectivity index is 2.56. The number of amides is 3. The lowest BCUT2D eigenvalue weighted by molar-refractivity contribution is -0.159. The maximum absolute atomic E-state index is 14.4. The summed E-state index contributed by atoms with van der Waals surface area (Å²) in [5.74, 6) is -1.58. The van der Waals surface area contributed by atoms with Crippen LogP contribution in [0.5, 0.6) is 0 Å². The molecule has 0 saturated heterocycles. The van der Waals surface area contributed by atoms with Gasteiger partial charge >= 0.3 is 12.1 Å². The van der Waals surface area contributed by atoms with Crippen molar-refractivity contribution >= 4 is 23.9 Å². The number of aryl methyl sites for hydroxylation is 1. The lowest BCUT2D eigenvalue weighted by Gasteiger charge is -2.43. The Kier molecular flexibility index (Phi) is 11.9. The molecule has 236 valence electrons. The quantitative estimate of drug-likeness (QED) is 0.325. The molecule has 0 heterocycles. The predicted octanol–water partition coefficient (Wildman–Crippen LogP) is 5.65. The van der Waals surface area contributed by atoms with E-state index in [0.29, 0.717) is 12.0 Å². The fourth-order valence-electron chi connectivity index (χ4n) is 4.51. The van der Waals surface area contributed by atoms with E-state index >= 15 is 0 Å². The minimum atomic E-state index is -1.11. The smallest absolute Gasteiger partial charge is 0.408 e. The van der Waals surface area contributed by atoms with Gasteiger partial charge in [-0.3, -0.25) is 9.59 Å². The monoisotopic (exact) mass is 595 g/mol. The second-order valence-corrected chi connectivity index (χ2v) is 13.3. The van der Waals surface area contributed by atoms with Gasteiger partial charge in [0.2, 0.25) is 11.8 Å². The van der Waals surface area contributed by atoms with Crippen molar-refractivity contribution in [3.63, 3.8) is 0 Å². The third-order valence-corrected chi connectivity index (χ3v) is 6.85. The van der Waals surface area contributed by atoms with Crippen molar-refractivity contribution in [3.05, 3.63) is 71.3 Å². The topological polar surface area (TPSA) is 114 Å². The molecule has 9 nitrogen and oxygen atoms in total. The molecule has 43 heavy (non-hydrogen) atoms. The second-order valence-electron chi connectivity index (χ2n) is 13.3. The van der Waals surface area contributed by atoms with Gasteiger partial charge in [-0.25, -0.2) is 9.59 Å². The molecule has 0 saturated carbocycles. The molecule has 0 fully saturated rings. The maximum Gasteiger partial charge on any atom is 0.408 e. The first-order valence-corrected chi connectivity index (χ1v) is 14.8. The van der Waals surface area contributed by atoms with Gasteiger partial charge in [-0.05, 0) is 85.4 Å². The number of esters is 1. The van der Waals surface area contributed by atoms with Gasteiger partial charge in [0.05, 0.1) is 0 Å². The number of ether oxygens (including phenoxy) is 2. The van der Waals surface area contributed by atoms with Crippen molar-refractivity contribution in [1.29, 1.82) is 0 Å². The Hall–Kier alpha value is -3.88. The number of hydrogen-bond donors (Lipinski definition) is 2. The molecule has 2 aromatic rings. The second kappa shape index (κ2) is 14.5. The summed E-state index contributed by atoms with van der Waals surface area (Å²) in [6.07, 6.45) is -0.0203. The fourth-order valence-corrected chi connectivity index (χ4v) is 4.51. The van der Waals surface area contributed by atoms with Crippen LogP contribution in [0.25, 0.3) is 0 Å². The van der Waals surface area contributed by atoms with Gasteiger partial charge in [-0.1, -0.05) is 61.5 Å². The van der Waals surface area contributed by atoms with Crippen molar-refractivity contribution < 1.29 is 28.7 Å². The van der Waals surface area contributed by atoms with Gasteiger partial charge in [0.15, 0.2) is 0 Å². The minimum Gasteiger partial charge on any atom is -0.458 e. The van der Waals surface area contributed by atoms with E-state index in [9.17, 15) is 19.2 Å². The Labute approximate surface area is 256 Å². The van der Waals surface area contributed by atoms with Crippen LogP contribution in [0.2, 0.25) is 0 Å². The van der Waals surface area contributed by atoms with E-state index in [1.165, 1.54) is 4.90 Å². The lowest BCUT2D eigenvalue weighted by atomic mass is 9.91. The molecule has 0 bridgehead atoms. The van der Waals surface area contributed by atoms with Gasteiger partial charge < -0.3 is 25.0 Å². The number of benzene rings is 2. The van der Waals surface area contributed by atoms with Crippen LogP contribution < -0.4 is 10.6 Å². The molecule has 2 atom stereocenters. The Morgan fingerprint density at radius 2 is 1.37 bits per heavy atom. The first-order chi connectivity index (χ1) is 19.8. The summed E-state index contributed by atoms with van der Waals surface area (Å²) in [7, 11) is 0. The van der Waals surface area contributed by atoms with E-state index in [-0.39, 0.29) is 13.0 Å². The van der Waals surface area contributed by atoms with Crippen LogP contribution >= 0.6 is 0 Å². The average molecular weight is 596 g/mol. The molecular formula is C34H49N3O6. The summed E-state index contributed by atoms with van der Waals surface area (Å²) in [6.45, 7) is 17.6. The highest BCUT2D eigenvalue weighted by molar-refractivity contribution is 5.93. The zero-order valence-electron chi connectivity index (χ0n) is 27.4. The summed E-state index contributed by atoms with van der Waals surface area (Å²) in [5.41, 5.74) is -0.0773. The van der Waals surface area contributed by atoms with Crippen LogP contribution in [0.1, 0.15) is 91.5 Å². The molecule has 2 unspecified atom stereocenters. The molecule has 3 amide bonds. The standard InChI is InChI=1S/C34H49N3O6/c1-11-34(9,10)37(27(38)22-35-31(41)43-33(6,7)8)28(25-20-16-15-17-23(25)2)29(39)36-26(30(40)42-32(3,4)5)21-24-18-13-12-14-19-24/h12-20,26,28H,11,21-22H2,1-10H3,(H,35,41)(H,36,39). The van der Waals surface area contributed by atoms with E-state index in [4.69, 9.17) is 9.47 Å². The van der Waals surface area contributed by atoms with E-state index < -0.39 is 52.7 Å². The van der Waals surface area contributed by atoms with E-state index in [0.717, 1.165) is 11.1 Å². The summed E-state index contributed by atoms with van der Waals surface area (Å²) >= 11 is 0. The van der Waals surface area contributed by atoms with Crippen molar-refractivity contribution in [2.24, 2.45) is 0 Å². The van der Waals surface area contributed by atoms with Crippen LogP contribution in [-0.2, 0) is 30.3 Å². The number of carbonyl (C=O) groups excluding carboxylic acids is 4. The minimum absolute atomic E-state index is 0.202. The number of carbonyl (C=O) groups is 4. The van der Waals surface area contributed by atoms with Crippen LogP contribution in [-0.4, -0.2) is 58.1 Å². The molecule has 2 N–H and O–H groups in total. The van der Waals surface area contributed by atoms with Crippen LogP contribution in [0.4, 0.5) is 4.79 Å². The zero-order valence-corrected chi connectivity index (χ0v) is 27.4. The Morgan fingerprint density at radius 1 is 0.814 bits per heavy atom. The number of nitrogens with zero attached hydrogens (tertiary/aromatic N) is 1. The molecule has 0 radical (unpaired) electrons. The SMILES string of the molecule is CCC(C)(C)N(C(=O)CNC(=O)OC(C)(C)C)C(C(=O)NC(Cc1ccccc1)C(=O)OC(C)(C)C)c1ccccc1C. The molecule has 2 aromatic carbocycles. The number of alkyl carbamates (subject to hydrolysis) is 1. The normalized spacial score (nSPS) is 13.3. The highest BCUT2D eigenvalue weighted by Gasteiger charge is 2.42. The van der Waals surface area contributed by atoms with Crippen molar-refractivity contribution in [2.45, 2.75) is 111 Å². The molecule has 0 aromatic heterocycles. The molecule has 0 spiro atoms. The first kappa shape index (κ1) is 35.3. The van der Waals surface area contributed by atoms with Gasteiger partial charge in [-0.15, -0.1) is 0 Å². The summed E-state index contributed by atoms with van der Waals surface area (Å²) in [5, 5.41) is 5.46. The van der Waals surface area contributed by atoms with E-state index in [1.807, 2.05) is 70.2 Å². The van der Waals surface area contributed by atoms with Crippen LogP contribution in [0.3, 0.4) is 0 Å². The number of hydrogen-bond acceptors (Lipinski definition) is 6. The van der Waals surface area contributed by atoms with E-state index in [1.54, 1.807) is 53.7 Å². The summed E-state index contributed by atoms with van der Waals surface area (Å²) in [4.78, 5) is 55.6. The first-order valence-electron chi connectivity index (χ1n) is 14.8. The maximum atomic E-state index is 14.4. The van der Waals surface area contributed by atoms with Crippen LogP contribution in [0, 0.1) is 6.92 Å². The average Bonchev–Trinajstić information content (AvgIpc) is 2.89. The Bertz CT molecular complexity index is 1260. The molecule has 0 aliphatic carbocycles. The molecule has 0 aliphatic heterocycles. The van der Waals surface area contributed by atoms with Crippen molar-refractivity contribution in [1.82, 2.24) is 15.5 Å². The Morgan fingerprint density at radius 3 is 1.91 bits per heavy atom. The molecular weight excluding hydrogens is 546 g/mol. The third kappa shape index (κ3) is 11.0. The van der Waals surface area contributed by atoms with Crippen LogP contribution in [0.15, 0.2) is 54.6 Å². The fraction of sp³-hybridized carbons (Fsp3) is 0.529. The van der Waals surface area contributed by atoms with Crippen molar-refractivity contribution in [3.8, 4) is 0 Å². The zero-order chi connectivity index (χ0) is 32.6. The van der Waals surface area contributed by atoms with Gasteiger partial charge in [0.1, 0.15) is 29.8 Å². The number of nitrogens with one attached hydrogen (secondary N) is 2. The summed E-state index contributed by atoms with van der Waals surface area (Å²) < 4.78 is 11.0. The predicted molar refractivity (Wildman–Crippen MR) is 167 cm³/mol. The highest BCUT2D eigenvalue weighted by atomic mass is 16.6.